The highest BCUT2D eigenvalue weighted by atomic mass is 16.5. The summed E-state index contributed by atoms with van der Waals surface area (Å²) in [4.78, 5) is 21.5. The summed E-state index contributed by atoms with van der Waals surface area (Å²) in [6.07, 6.45) is 12.8. The normalized spacial score (nSPS) is 22.7. The second kappa shape index (κ2) is 15.1. The number of carbonyl (C=O) groups is 1. The first-order chi connectivity index (χ1) is 20.9. The Bertz CT molecular complexity index is 1180. The van der Waals surface area contributed by atoms with Crippen LogP contribution < -0.4 is 4.74 Å². The van der Waals surface area contributed by atoms with E-state index in [4.69, 9.17) is 4.74 Å². The highest BCUT2D eigenvalue weighted by Crippen LogP contribution is 2.39. The number of rotatable bonds is 11. The van der Waals surface area contributed by atoms with Gasteiger partial charge in [0.2, 0.25) is 5.91 Å². The quantitative estimate of drug-likeness (QED) is 0.283. The number of carbonyl (C=O) groups excluding carboxylic acids is 1. The van der Waals surface area contributed by atoms with E-state index in [-0.39, 0.29) is 17.4 Å². The summed E-state index contributed by atoms with van der Waals surface area (Å²) >= 11 is 0. The van der Waals surface area contributed by atoms with Crippen LogP contribution >= 0.6 is 0 Å². The van der Waals surface area contributed by atoms with E-state index in [9.17, 15) is 4.79 Å². The largest absolute Gasteiger partial charge is 0.491 e. The number of nitrogens with zero attached hydrogens (tertiary/aromatic N) is 3. The Kier molecular flexibility index (Phi) is 11.2. The van der Waals surface area contributed by atoms with E-state index in [0.29, 0.717) is 6.42 Å². The Hall–Kier alpha value is -2.37. The van der Waals surface area contributed by atoms with Gasteiger partial charge in [-0.1, -0.05) is 50.6 Å². The van der Waals surface area contributed by atoms with Gasteiger partial charge >= 0.3 is 0 Å². The third-order valence-corrected chi connectivity index (χ3v) is 10.5. The number of likely N-dealkylation sites (tertiary alicyclic amines) is 3. The van der Waals surface area contributed by atoms with Gasteiger partial charge in [-0.05, 0) is 139 Å². The fourth-order valence-corrected chi connectivity index (χ4v) is 8.01. The molecule has 236 valence electrons. The number of hydrogen-bond acceptors (Lipinski definition) is 4. The highest BCUT2D eigenvalue weighted by molar-refractivity contribution is 5.79. The Morgan fingerprint density at radius 2 is 1.67 bits per heavy atom. The minimum atomic E-state index is 0.0103. The smallest absolute Gasteiger partial charge is 0.227 e. The molecule has 0 aromatic heterocycles. The lowest BCUT2D eigenvalue weighted by atomic mass is 9.70. The van der Waals surface area contributed by atoms with Crippen molar-refractivity contribution in [3.05, 3.63) is 64.7 Å². The summed E-state index contributed by atoms with van der Waals surface area (Å²) in [5.74, 6) is 1.09. The van der Waals surface area contributed by atoms with Gasteiger partial charge in [0, 0.05) is 24.5 Å². The minimum absolute atomic E-state index is 0.0103. The molecule has 3 aliphatic rings. The molecule has 1 atom stereocenters. The number of ether oxygens (including phenoxy) is 1. The van der Waals surface area contributed by atoms with Crippen molar-refractivity contribution in [1.82, 2.24) is 14.7 Å². The molecule has 0 N–H and O–H groups in total. The molecule has 3 aliphatic heterocycles. The maximum Gasteiger partial charge on any atom is 0.227 e. The average Bonchev–Trinajstić information content (AvgIpc) is 3.04. The monoisotopic (exact) mass is 587 g/mol. The molecule has 3 saturated heterocycles. The van der Waals surface area contributed by atoms with Crippen molar-refractivity contribution in [3.63, 3.8) is 0 Å². The van der Waals surface area contributed by atoms with Crippen molar-refractivity contribution >= 4 is 5.91 Å². The molecule has 0 radical (unpaired) electrons. The van der Waals surface area contributed by atoms with Crippen molar-refractivity contribution in [2.45, 2.75) is 116 Å². The van der Waals surface area contributed by atoms with Gasteiger partial charge in [0.1, 0.15) is 5.75 Å². The van der Waals surface area contributed by atoms with Gasteiger partial charge < -0.3 is 19.4 Å². The summed E-state index contributed by atoms with van der Waals surface area (Å²) in [6.45, 7) is 16.5. The Morgan fingerprint density at radius 3 is 2.40 bits per heavy atom. The van der Waals surface area contributed by atoms with Gasteiger partial charge in [0.25, 0.3) is 0 Å². The molecule has 0 aliphatic carbocycles. The van der Waals surface area contributed by atoms with Crippen molar-refractivity contribution in [2.24, 2.45) is 0 Å². The van der Waals surface area contributed by atoms with E-state index >= 15 is 0 Å². The summed E-state index contributed by atoms with van der Waals surface area (Å²) in [5, 5.41) is 0. The molecule has 0 spiro atoms. The molecule has 2 aromatic rings. The molecule has 2 aromatic carbocycles. The molecular weight excluding hydrogens is 530 g/mol. The predicted molar refractivity (Wildman–Crippen MR) is 178 cm³/mol. The average molecular weight is 588 g/mol. The first-order valence-electron chi connectivity index (χ1n) is 17.5. The van der Waals surface area contributed by atoms with Crippen LogP contribution in [0.25, 0.3) is 0 Å². The fraction of sp³-hybridized carbons (Fsp3) is 0.658. The molecule has 43 heavy (non-hydrogen) atoms. The molecule has 0 bridgehead atoms. The second-order valence-electron chi connectivity index (χ2n) is 13.8. The zero-order chi connectivity index (χ0) is 30.2. The molecule has 3 heterocycles. The molecule has 0 saturated carbocycles. The van der Waals surface area contributed by atoms with Crippen LogP contribution in [-0.2, 0) is 29.5 Å². The third-order valence-electron chi connectivity index (χ3n) is 10.5. The second-order valence-corrected chi connectivity index (χ2v) is 13.8. The Labute approximate surface area is 262 Å². The van der Waals surface area contributed by atoms with Gasteiger partial charge in [-0.25, -0.2) is 0 Å². The van der Waals surface area contributed by atoms with Crippen molar-refractivity contribution in [1.29, 1.82) is 0 Å². The highest BCUT2D eigenvalue weighted by Gasteiger charge is 2.39. The summed E-state index contributed by atoms with van der Waals surface area (Å²) in [5.41, 5.74) is 5.45. The van der Waals surface area contributed by atoms with E-state index in [2.05, 4.69) is 52.8 Å². The van der Waals surface area contributed by atoms with E-state index in [1.807, 2.05) is 32.0 Å². The fourth-order valence-electron chi connectivity index (χ4n) is 8.01. The van der Waals surface area contributed by atoms with Crippen LogP contribution in [0.2, 0.25) is 0 Å². The maximum absolute atomic E-state index is 13.8. The lowest BCUT2D eigenvalue weighted by molar-refractivity contribution is -0.132. The number of amides is 1. The molecule has 3 fully saturated rings. The Balaban J connectivity index is 1.30. The number of piperidine rings is 3. The zero-order valence-corrected chi connectivity index (χ0v) is 27.6. The Morgan fingerprint density at radius 1 is 0.907 bits per heavy atom. The van der Waals surface area contributed by atoms with E-state index in [0.717, 1.165) is 69.1 Å². The number of benzene rings is 2. The van der Waals surface area contributed by atoms with Crippen LogP contribution in [0.1, 0.15) is 101 Å². The van der Waals surface area contributed by atoms with Crippen LogP contribution in [0.15, 0.2) is 42.5 Å². The minimum Gasteiger partial charge on any atom is -0.491 e. The van der Waals surface area contributed by atoms with Gasteiger partial charge in [-0.3, -0.25) is 4.79 Å². The first kappa shape index (κ1) is 32.0. The van der Waals surface area contributed by atoms with Crippen molar-refractivity contribution in [3.8, 4) is 5.75 Å². The molecule has 5 nitrogen and oxygen atoms in total. The van der Waals surface area contributed by atoms with Crippen LogP contribution in [0.3, 0.4) is 0 Å². The SMILES string of the molecule is CCc1ccc(C2(CCN3CCC(N4CCCCC4)CC3)CCCN(C(=O)Cc3cccc(OC(C)C)c3)C2)cc1CC. The van der Waals surface area contributed by atoms with Crippen LogP contribution in [0.5, 0.6) is 5.75 Å². The van der Waals surface area contributed by atoms with Crippen molar-refractivity contribution < 1.29 is 9.53 Å². The van der Waals surface area contributed by atoms with Crippen LogP contribution in [-0.4, -0.2) is 78.6 Å². The van der Waals surface area contributed by atoms with E-state index in [1.165, 1.54) is 75.0 Å². The van der Waals surface area contributed by atoms with E-state index in [1.54, 1.807) is 0 Å². The van der Waals surface area contributed by atoms with Gasteiger partial charge in [0.15, 0.2) is 0 Å². The summed E-state index contributed by atoms with van der Waals surface area (Å²) in [7, 11) is 0. The first-order valence-corrected chi connectivity index (χ1v) is 17.5. The third kappa shape index (κ3) is 8.22. The lowest BCUT2D eigenvalue weighted by Crippen LogP contribution is -2.51. The van der Waals surface area contributed by atoms with Crippen LogP contribution in [0, 0.1) is 0 Å². The van der Waals surface area contributed by atoms with Gasteiger partial charge in [-0.2, -0.15) is 0 Å². The molecule has 5 rings (SSSR count). The zero-order valence-electron chi connectivity index (χ0n) is 27.6. The van der Waals surface area contributed by atoms with E-state index < -0.39 is 0 Å². The van der Waals surface area contributed by atoms with Gasteiger partial charge in [-0.15, -0.1) is 0 Å². The lowest BCUT2D eigenvalue weighted by Gasteiger charge is -2.46. The number of hydrogen-bond donors (Lipinski definition) is 0. The predicted octanol–water partition coefficient (Wildman–Crippen LogP) is 7.04. The standard InChI is InChI=1S/C38H57N3O2/c1-5-32-14-15-34(28-33(32)6-2)38(19-25-39-23-16-35(17-24-39)40-20-8-7-9-21-40)18-11-22-41(29-38)37(42)27-31-12-10-13-36(26-31)43-30(3)4/h10,12-15,26,28,30,35H,5-9,11,16-25,27,29H2,1-4H3. The van der Waals surface area contributed by atoms with Crippen LogP contribution in [0.4, 0.5) is 0 Å². The summed E-state index contributed by atoms with van der Waals surface area (Å²) in [6, 6.07) is 16.2. The topological polar surface area (TPSA) is 36.0 Å². The summed E-state index contributed by atoms with van der Waals surface area (Å²) < 4.78 is 5.91. The van der Waals surface area contributed by atoms with Crippen molar-refractivity contribution in [2.75, 3.05) is 45.8 Å². The molecule has 5 heteroatoms. The molecular formula is C38H57N3O2. The number of aryl methyl sites for hydroxylation is 2. The van der Waals surface area contributed by atoms with Gasteiger partial charge in [0.05, 0.1) is 12.5 Å². The maximum atomic E-state index is 13.8. The molecule has 1 amide bonds. The molecule has 1 unspecified atom stereocenters.